The third kappa shape index (κ3) is 5.43. The van der Waals surface area contributed by atoms with Crippen LogP contribution >= 0.6 is 0 Å². The van der Waals surface area contributed by atoms with E-state index < -0.39 is 0 Å². The lowest BCUT2D eigenvalue weighted by Crippen LogP contribution is -2.39. The Kier molecular flexibility index (Phi) is 5.55. The summed E-state index contributed by atoms with van der Waals surface area (Å²) in [6.45, 7) is 9.60. The molecule has 0 fully saturated rings. The summed E-state index contributed by atoms with van der Waals surface area (Å²) in [7, 11) is 0. The van der Waals surface area contributed by atoms with Crippen molar-refractivity contribution in [3.63, 3.8) is 0 Å². The van der Waals surface area contributed by atoms with Crippen molar-refractivity contribution in [3.8, 4) is 0 Å². The molecule has 1 rings (SSSR count). The molecule has 1 aromatic rings. The van der Waals surface area contributed by atoms with Crippen LogP contribution < -0.4 is 11.1 Å². The lowest BCUT2D eigenvalue weighted by atomic mass is 9.94. The van der Waals surface area contributed by atoms with Gasteiger partial charge in [-0.15, -0.1) is 0 Å². The normalized spacial score (nSPS) is 11.7. The first-order valence-electron chi connectivity index (χ1n) is 6.89. The fraction of sp³-hybridized carbons (Fsp3) is 0.562. The monoisotopic (exact) mass is 262 g/mol. The molecular formula is C16H26N2O. The number of benzene rings is 1. The van der Waals surface area contributed by atoms with Crippen molar-refractivity contribution in [3.05, 3.63) is 35.4 Å². The van der Waals surface area contributed by atoms with E-state index in [0.29, 0.717) is 25.4 Å². The van der Waals surface area contributed by atoms with Gasteiger partial charge in [0.05, 0.1) is 6.42 Å². The molecule has 3 nitrogen and oxygen atoms in total. The van der Waals surface area contributed by atoms with Crippen molar-refractivity contribution in [1.29, 1.82) is 0 Å². The zero-order valence-corrected chi connectivity index (χ0v) is 12.5. The van der Waals surface area contributed by atoms with Crippen molar-refractivity contribution in [2.24, 2.45) is 11.1 Å². The minimum absolute atomic E-state index is 0.0445. The van der Waals surface area contributed by atoms with Gasteiger partial charge in [-0.1, -0.05) is 52.0 Å². The van der Waals surface area contributed by atoms with E-state index in [1.54, 1.807) is 0 Å². The van der Waals surface area contributed by atoms with Crippen molar-refractivity contribution in [2.75, 3.05) is 13.1 Å². The molecule has 0 saturated heterocycles. The van der Waals surface area contributed by atoms with Crippen LogP contribution in [0.2, 0.25) is 0 Å². The van der Waals surface area contributed by atoms with Gasteiger partial charge in [-0.25, -0.2) is 0 Å². The summed E-state index contributed by atoms with van der Waals surface area (Å²) in [5.74, 6) is 0.576. The lowest BCUT2D eigenvalue weighted by Gasteiger charge is -2.22. The predicted octanol–water partition coefficient (Wildman–Crippen LogP) is 2.45. The molecule has 0 spiro atoms. The van der Waals surface area contributed by atoms with Gasteiger partial charge in [0.1, 0.15) is 0 Å². The molecule has 3 heteroatoms. The molecular weight excluding hydrogens is 236 g/mol. The van der Waals surface area contributed by atoms with Gasteiger partial charge in [-0.2, -0.15) is 0 Å². The van der Waals surface area contributed by atoms with Crippen LogP contribution in [0.3, 0.4) is 0 Å². The summed E-state index contributed by atoms with van der Waals surface area (Å²) in [6.07, 6.45) is 0.430. The summed E-state index contributed by atoms with van der Waals surface area (Å²) < 4.78 is 0. The molecule has 3 N–H and O–H groups in total. The number of nitrogens with two attached hydrogens (primary N) is 1. The molecule has 1 aromatic carbocycles. The highest BCUT2D eigenvalue weighted by Crippen LogP contribution is 2.15. The summed E-state index contributed by atoms with van der Waals surface area (Å²) in [6, 6.07) is 8.25. The average Bonchev–Trinajstić information content (AvgIpc) is 2.37. The number of hydrogen-bond acceptors (Lipinski definition) is 2. The Hall–Kier alpha value is -1.35. The summed E-state index contributed by atoms with van der Waals surface area (Å²) in [4.78, 5) is 11.8. The molecule has 0 radical (unpaired) electrons. The van der Waals surface area contributed by atoms with E-state index in [9.17, 15) is 4.79 Å². The van der Waals surface area contributed by atoms with Gasteiger partial charge >= 0.3 is 0 Å². The summed E-state index contributed by atoms with van der Waals surface area (Å²) in [5.41, 5.74) is 7.94. The molecule has 0 bridgehead atoms. The van der Waals surface area contributed by atoms with E-state index in [-0.39, 0.29) is 11.3 Å². The molecule has 0 saturated carbocycles. The van der Waals surface area contributed by atoms with E-state index in [0.717, 1.165) is 5.56 Å². The molecule has 0 aliphatic rings. The first-order valence-corrected chi connectivity index (χ1v) is 6.89. The predicted molar refractivity (Wildman–Crippen MR) is 80.1 cm³/mol. The van der Waals surface area contributed by atoms with Crippen molar-refractivity contribution < 1.29 is 4.79 Å². The van der Waals surface area contributed by atoms with Crippen molar-refractivity contribution >= 4 is 5.91 Å². The molecule has 0 atom stereocenters. The van der Waals surface area contributed by atoms with E-state index in [1.807, 2.05) is 26.0 Å². The third-order valence-electron chi connectivity index (χ3n) is 3.33. The molecule has 106 valence electrons. The Labute approximate surface area is 116 Å². The minimum atomic E-state index is -0.0445. The Bertz CT molecular complexity index is 407. The van der Waals surface area contributed by atoms with Gasteiger partial charge in [-0.3, -0.25) is 4.79 Å². The smallest absolute Gasteiger partial charge is 0.224 e. The van der Waals surface area contributed by atoms with Gasteiger partial charge < -0.3 is 11.1 Å². The van der Waals surface area contributed by atoms with Crippen LogP contribution in [-0.2, 0) is 11.2 Å². The maximum absolute atomic E-state index is 11.8. The van der Waals surface area contributed by atoms with Gasteiger partial charge in [0.25, 0.3) is 0 Å². The maximum Gasteiger partial charge on any atom is 0.224 e. The Morgan fingerprint density at radius 3 is 2.32 bits per heavy atom. The molecule has 1 amide bonds. The first kappa shape index (κ1) is 15.7. The van der Waals surface area contributed by atoms with Gasteiger partial charge in [0.15, 0.2) is 0 Å². The molecule has 0 unspecified atom stereocenters. The number of hydrogen-bond donors (Lipinski definition) is 2. The maximum atomic E-state index is 11.8. The van der Waals surface area contributed by atoms with E-state index in [2.05, 4.69) is 31.3 Å². The quantitative estimate of drug-likeness (QED) is 0.827. The van der Waals surface area contributed by atoms with Crippen LogP contribution in [0.5, 0.6) is 0 Å². The van der Waals surface area contributed by atoms with E-state index in [1.165, 1.54) is 5.56 Å². The minimum Gasteiger partial charge on any atom is -0.355 e. The molecule has 19 heavy (non-hydrogen) atoms. The summed E-state index contributed by atoms with van der Waals surface area (Å²) >= 11 is 0. The highest BCUT2D eigenvalue weighted by Gasteiger charge is 2.16. The van der Waals surface area contributed by atoms with E-state index in [4.69, 9.17) is 5.73 Å². The van der Waals surface area contributed by atoms with Gasteiger partial charge in [0, 0.05) is 6.54 Å². The van der Waals surface area contributed by atoms with Gasteiger partial charge in [0.2, 0.25) is 5.91 Å². The second-order valence-electron chi connectivity index (χ2n) is 6.22. The number of rotatable bonds is 6. The fourth-order valence-electron chi connectivity index (χ4n) is 1.68. The largest absolute Gasteiger partial charge is 0.355 e. The zero-order chi connectivity index (χ0) is 14.5. The molecule has 0 aliphatic heterocycles. The van der Waals surface area contributed by atoms with E-state index >= 15 is 0 Å². The average molecular weight is 262 g/mol. The van der Waals surface area contributed by atoms with Crippen LogP contribution in [0, 0.1) is 5.41 Å². The second-order valence-corrected chi connectivity index (χ2v) is 6.22. The SMILES string of the molecule is CC(C)c1ccc(CC(=O)NCC(C)(C)CN)cc1. The van der Waals surface area contributed by atoms with Crippen LogP contribution in [0.4, 0.5) is 0 Å². The zero-order valence-electron chi connectivity index (χ0n) is 12.5. The standard InChI is InChI=1S/C16H26N2O/c1-12(2)14-7-5-13(6-8-14)9-15(19)18-11-16(3,4)10-17/h5-8,12H,9-11,17H2,1-4H3,(H,18,19). The fourth-order valence-corrected chi connectivity index (χ4v) is 1.68. The van der Waals surface area contributed by atoms with Gasteiger partial charge in [-0.05, 0) is 29.0 Å². The summed E-state index contributed by atoms with van der Waals surface area (Å²) in [5, 5.41) is 2.94. The van der Waals surface area contributed by atoms with Crippen molar-refractivity contribution in [2.45, 2.75) is 40.0 Å². The number of carbonyl (C=O) groups is 1. The van der Waals surface area contributed by atoms with Crippen LogP contribution in [-0.4, -0.2) is 19.0 Å². The topological polar surface area (TPSA) is 55.1 Å². The number of carbonyl (C=O) groups excluding carboxylic acids is 1. The van der Waals surface area contributed by atoms with Crippen molar-refractivity contribution in [1.82, 2.24) is 5.32 Å². The Morgan fingerprint density at radius 1 is 1.26 bits per heavy atom. The Balaban J connectivity index is 2.48. The molecule has 0 aliphatic carbocycles. The molecule has 0 heterocycles. The molecule has 0 aromatic heterocycles. The first-order chi connectivity index (χ1) is 8.84. The highest BCUT2D eigenvalue weighted by molar-refractivity contribution is 5.78. The number of nitrogens with one attached hydrogen (secondary N) is 1. The number of amides is 1. The van der Waals surface area contributed by atoms with Crippen LogP contribution in [0.15, 0.2) is 24.3 Å². The van der Waals surface area contributed by atoms with Crippen LogP contribution in [0.25, 0.3) is 0 Å². The lowest BCUT2D eigenvalue weighted by molar-refractivity contribution is -0.120. The highest BCUT2D eigenvalue weighted by atomic mass is 16.1. The third-order valence-corrected chi connectivity index (χ3v) is 3.33. The Morgan fingerprint density at radius 2 is 1.84 bits per heavy atom. The second kappa shape index (κ2) is 6.71. The van der Waals surface area contributed by atoms with Crippen LogP contribution in [0.1, 0.15) is 44.7 Å².